The van der Waals surface area contributed by atoms with E-state index in [1.807, 2.05) is 88.7 Å². The third kappa shape index (κ3) is 5.31. The molecule has 0 spiro atoms. The minimum Gasteiger partial charge on any atom is -0.323 e. The number of rotatable bonds is 6. The summed E-state index contributed by atoms with van der Waals surface area (Å²) in [6, 6.07) is 24.8. The van der Waals surface area contributed by atoms with Crippen molar-refractivity contribution in [2.24, 2.45) is 5.92 Å². The van der Waals surface area contributed by atoms with Crippen LogP contribution in [0.1, 0.15) is 30.4 Å². The van der Waals surface area contributed by atoms with Gasteiger partial charge in [0.2, 0.25) is 11.8 Å². The Bertz CT molecular complexity index is 1310. The van der Waals surface area contributed by atoms with Crippen LogP contribution >= 0.6 is 15.9 Å². The van der Waals surface area contributed by atoms with Crippen LogP contribution in [0.3, 0.4) is 0 Å². The molecule has 5 rings (SSSR count). The Morgan fingerprint density at radius 3 is 2.32 bits per heavy atom. The van der Waals surface area contributed by atoms with E-state index in [1.54, 1.807) is 11.9 Å². The fourth-order valence-electron chi connectivity index (χ4n) is 5.50. The molecular weight excluding hydrogens is 544 g/mol. The van der Waals surface area contributed by atoms with Gasteiger partial charge in [-0.3, -0.25) is 9.59 Å². The molecule has 0 bridgehead atoms. The van der Waals surface area contributed by atoms with Gasteiger partial charge < -0.3 is 20.0 Å². The summed E-state index contributed by atoms with van der Waals surface area (Å²) in [4.78, 5) is 44.8. The second-order valence-corrected chi connectivity index (χ2v) is 10.4. The first-order valence-electron chi connectivity index (χ1n) is 12.9. The summed E-state index contributed by atoms with van der Waals surface area (Å²) >= 11 is 3.33. The monoisotopic (exact) mass is 574 g/mol. The molecule has 38 heavy (non-hydrogen) atoms. The quantitative estimate of drug-likeness (QED) is 0.378. The molecular formula is C30H31BrN4O3. The highest BCUT2D eigenvalue weighted by Crippen LogP contribution is 2.43. The van der Waals surface area contributed by atoms with E-state index in [0.29, 0.717) is 18.8 Å². The zero-order chi connectivity index (χ0) is 26.6. The highest BCUT2D eigenvalue weighted by molar-refractivity contribution is 9.09. The van der Waals surface area contributed by atoms with Crippen LogP contribution in [0.15, 0.2) is 78.9 Å². The summed E-state index contributed by atoms with van der Waals surface area (Å²) in [7, 11) is 1.76. The van der Waals surface area contributed by atoms with Gasteiger partial charge in [-0.15, -0.1) is 0 Å². The summed E-state index contributed by atoms with van der Waals surface area (Å²) in [5.41, 5.74) is 4.22. The number of hydrogen-bond donors (Lipinski definition) is 1. The van der Waals surface area contributed by atoms with E-state index in [-0.39, 0.29) is 35.1 Å². The number of anilines is 3. The maximum atomic E-state index is 13.8. The molecule has 3 aromatic rings. The highest BCUT2D eigenvalue weighted by Gasteiger charge is 2.45. The number of alkyl halides is 1. The van der Waals surface area contributed by atoms with Crippen molar-refractivity contribution in [2.75, 3.05) is 27.5 Å². The van der Waals surface area contributed by atoms with Crippen LogP contribution in [0.25, 0.3) is 0 Å². The van der Waals surface area contributed by atoms with E-state index < -0.39 is 0 Å². The van der Waals surface area contributed by atoms with Gasteiger partial charge in [-0.1, -0.05) is 76.9 Å². The first-order valence-corrected chi connectivity index (χ1v) is 14.0. The Balaban J connectivity index is 1.33. The lowest BCUT2D eigenvalue weighted by Crippen LogP contribution is -2.45. The largest absolute Gasteiger partial charge is 0.323 e. The molecule has 8 heteroatoms. The molecule has 2 unspecified atom stereocenters. The highest BCUT2D eigenvalue weighted by atomic mass is 79.9. The van der Waals surface area contributed by atoms with Gasteiger partial charge in [0.05, 0.1) is 29.2 Å². The van der Waals surface area contributed by atoms with Crippen LogP contribution in [-0.4, -0.2) is 41.2 Å². The molecule has 2 aliphatic rings. The first-order chi connectivity index (χ1) is 18.5. The molecule has 1 fully saturated rings. The number of para-hydroxylation sites is 2. The number of urea groups is 1. The molecule has 1 heterocycles. The molecule has 1 N–H and O–H groups in total. The van der Waals surface area contributed by atoms with E-state index in [4.69, 9.17) is 0 Å². The molecule has 1 aliphatic carbocycles. The molecule has 0 aromatic heterocycles. The maximum absolute atomic E-state index is 13.8. The van der Waals surface area contributed by atoms with Crippen LogP contribution < -0.4 is 15.1 Å². The standard InChI is InChI=1S/C30H31BrN4O3/c1-33(19-21-8-3-2-4-9-21)30(38)32-23-16-14-22(15-17-23)20-34-26-11-5-6-12-27(26)35(28(36)18-31)25-13-7-10-24(25)29(34)37/h2-6,8-9,11-12,14-17,24-25H,7,10,13,18-20H2,1H3,(H,32,38). The molecule has 0 radical (unpaired) electrons. The first kappa shape index (κ1) is 26.0. The molecule has 0 saturated heterocycles. The molecule has 2 atom stereocenters. The predicted molar refractivity (Wildman–Crippen MR) is 153 cm³/mol. The third-order valence-electron chi connectivity index (χ3n) is 7.36. The zero-order valence-corrected chi connectivity index (χ0v) is 22.9. The smallest absolute Gasteiger partial charge is 0.321 e. The van der Waals surface area contributed by atoms with Gasteiger partial charge in [0.15, 0.2) is 0 Å². The van der Waals surface area contributed by atoms with E-state index in [2.05, 4.69) is 21.2 Å². The molecule has 196 valence electrons. The lowest BCUT2D eigenvalue weighted by molar-refractivity contribution is -0.122. The van der Waals surface area contributed by atoms with Gasteiger partial charge in [0.25, 0.3) is 0 Å². The van der Waals surface area contributed by atoms with Gasteiger partial charge >= 0.3 is 6.03 Å². The normalized spacial score (nSPS) is 18.4. The number of halogens is 1. The van der Waals surface area contributed by atoms with E-state index >= 15 is 0 Å². The molecule has 1 aliphatic heterocycles. The summed E-state index contributed by atoms with van der Waals surface area (Å²) in [6.45, 7) is 0.898. The Kier molecular flexibility index (Phi) is 7.79. The second kappa shape index (κ2) is 11.4. The van der Waals surface area contributed by atoms with Crippen LogP contribution in [-0.2, 0) is 22.7 Å². The van der Waals surface area contributed by atoms with Gasteiger partial charge in [0, 0.05) is 25.3 Å². The minimum atomic E-state index is -0.218. The van der Waals surface area contributed by atoms with Gasteiger partial charge in [0.1, 0.15) is 0 Å². The number of benzene rings is 3. The molecule has 4 amide bonds. The molecule has 1 saturated carbocycles. The zero-order valence-electron chi connectivity index (χ0n) is 21.3. The lowest BCUT2D eigenvalue weighted by atomic mass is 10.0. The Morgan fingerprint density at radius 2 is 1.61 bits per heavy atom. The van der Waals surface area contributed by atoms with Crippen molar-refractivity contribution in [3.05, 3.63) is 90.0 Å². The average Bonchev–Trinajstić information content (AvgIpc) is 3.39. The fourth-order valence-corrected chi connectivity index (χ4v) is 5.77. The summed E-state index contributed by atoms with van der Waals surface area (Å²) in [5, 5.41) is 3.15. The van der Waals surface area contributed by atoms with E-state index in [1.165, 1.54) is 0 Å². The van der Waals surface area contributed by atoms with Crippen LogP contribution in [0.5, 0.6) is 0 Å². The number of nitrogens with zero attached hydrogens (tertiary/aromatic N) is 3. The number of fused-ring (bicyclic) bond motifs is 2. The maximum Gasteiger partial charge on any atom is 0.321 e. The van der Waals surface area contributed by atoms with Crippen molar-refractivity contribution in [2.45, 2.75) is 38.4 Å². The van der Waals surface area contributed by atoms with Crippen molar-refractivity contribution < 1.29 is 14.4 Å². The average molecular weight is 576 g/mol. The van der Waals surface area contributed by atoms with Gasteiger partial charge in [-0.25, -0.2) is 4.79 Å². The van der Waals surface area contributed by atoms with Crippen molar-refractivity contribution in [3.8, 4) is 0 Å². The number of amides is 4. The summed E-state index contributed by atoms with van der Waals surface area (Å²) < 4.78 is 0. The Morgan fingerprint density at radius 1 is 0.921 bits per heavy atom. The van der Waals surface area contributed by atoms with Crippen molar-refractivity contribution >= 4 is 50.8 Å². The minimum absolute atomic E-state index is 0.0265. The van der Waals surface area contributed by atoms with Gasteiger partial charge in [-0.05, 0) is 48.2 Å². The number of hydrogen-bond acceptors (Lipinski definition) is 3. The number of carbonyl (C=O) groups excluding carboxylic acids is 3. The summed E-state index contributed by atoms with van der Waals surface area (Å²) in [5.74, 6) is -0.185. The lowest BCUT2D eigenvalue weighted by Gasteiger charge is -2.30. The number of carbonyl (C=O) groups is 3. The van der Waals surface area contributed by atoms with Crippen LogP contribution in [0.2, 0.25) is 0 Å². The van der Waals surface area contributed by atoms with E-state index in [9.17, 15) is 14.4 Å². The fraction of sp³-hybridized carbons (Fsp3) is 0.300. The Hall–Kier alpha value is -3.65. The summed E-state index contributed by atoms with van der Waals surface area (Å²) in [6.07, 6.45) is 2.53. The molecule has 3 aromatic carbocycles. The molecule has 7 nitrogen and oxygen atoms in total. The SMILES string of the molecule is CN(Cc1ccccc1)C(=O)Nc1ccc(CN2C(=O)C3CCCC3N(C(=O)CBr)c3ccccc32)cc1. The van der Waals surface area contributed by atoms with Gasteiger partial charge in [-0.2, -0.15) is 0 Å². The van der Waals surface area contributed by atoms with Crippen molar-refractivity contribution in [1.29, 1.82) is 0 Å². The second-order valence-electron chi connectivity index (χ2n) is 9.88. The third-order valence-corrected chi connectivity index (χ3v) is 7.84. The topological polar surface area (TPSA) is 73.0 Å². The predicted octanol–water partition coefficient (Wildman–Crippen LogP) is 5.79. The van der Waals surface area contributed by atoms with Crippen LogP contribution in [0, 0.1) is 5.92 Å². The number of nitrogens with one attached hydrogen (secondary N) is 1. The van der Waals surface area contributed by atoms with Crippen molar-refractivity contribution in [3.63, 3.8) is 0 Å². The Labute approximate surface area is 231 Å². The van der Waals surface area contributed by atoms with Crippen LogP contribution in [0.4, 0.5) is 21.9 Å². The van der Waals surface area contributed by atoms with E-state index in [0.717, 1.165) is 41.8 Å². The van der Waals surface area contributed by atoms with Crippen molar-refractivity contribution in [1.82, 2.24) is 4.90 Å².